The molecule has 1 aliphatic heterocycles. The second-order valence-electron chi connectivity index (χ2n) is 6.32. The van der Waals surface area contributed by atoms with Gasteiger partial charge >= 0.3 is 0 Å². The number of likely N-dealkylation sites (N-methyl/N-ethyl adjacent to an activating group) is 1. The number of halogens is 1. The van der Waals surface area contributed by atoms with Gasteiger partial charge in [0.15, 0.2) is 0 Å². The summed E-state index contributed by atoms with van der Waals surface area (Å²) in [6.07, 6.45) is 0. The van der Waals surface area contributed by atoms with Crippen LogP contribution in [0, 0.1) is 0 Å². The number of piperazine rings is 1. The zero-order valence-electron chi connectivity index (χ0n) is 16.4. The Morgan fingerprint density at radius 1 is 1.15 bits per heavy atom. The van der Waals surface area contributed by atoms with Gasteiger partial charge in [-0.05, 0) is 13.8 Å². The monoisotopic (exact) mass is 396 g/mol. The maximum Gasteiger partial charge on any atom is 0.136 e. The van der Waals surface area contributed by atoms with Crippen LogP contribution in [0.5, 0.6) is 11.5 Å². The lowest BCUT2D eigenvalue weighted by molar-refractivity contribution is 0.133. The zero-order chi connectivity index (χ0) is 19.6. The Labute approximate surface area is 166 Å². The molecule has 0 bridgehead atoms. The van der Waals surface area contributed by atoms with Crippen LogP contribution in [0.4, 0.5) is 5.69 Å². The summed E-state index contributed by atoms with van der Waals surface area (Å²) in [6, 6.07) is 3.63. The van der Waals surface area contributed by atoms with Gasteiger partial charge in [-0.15, -0.1) is 0 Å². The maximum atomic E-state index is 6.26. The molecule has 0 radical (unpaired) electrons. The van der Waals surface area contributed by atoms with Crippen molar-refractivity contribution in [2.75, 3.05) is 73.7 Å². The first-order valence-electron chi connectivity index (χ1n) is 9.02. The molecule has 0 saturated carbocycles. The second-order valence-corrected chi connectivity index (χ2v) is 6.68. The molecular weight excluding hydrogens is 368 g/mol. The number of aliphatic imine (C=N–C) groups is 2. The molecule has 0 atom stereocenters. The fraction of sp³-hybridized carbons (Fsp3) is 0.579. The number of hydrogen-bond donors (Lipinski definition) is 0. The van der Waals surface area contributed by atoms with E-state index in [1.54, 1.807) is 14.2 Å². The molecule has 0 N–H and O–H groups in total. The molecule has 0 aliphatic carbocycles. The minimum absolute atomic E-state index is 0.314. The van der Waals surface area contributed by atoms with Crippen LogP contribution in [0.25, 0.3) is 0 Å². The highest BCUT2D eigenvalue weighted by Gasteiger charge is 2.17. The fourth-order valence-electron chi connectivity index (χ4n) is 2.82. The Hall–Kier alpha value is -1.67. The molecule has 0 amide bonds. The Morgan fingerprint density at radius 3 is 2.52 bits per heavy atom. The first-order chi connectivity index (χ1) is 13.1. The topological polar surface area (TPSA) is 58.9 Å². The van der Waals surface area contributed by atoms with Crippen molar-refractivity contribution >= 4 is 29.2 Å². The van der Waals surface area contributed by atoms with Crippen LogP contribution in [0.1, 0.15) is 5.56 Å². The van der Waals surface area contributed by atoms with Crippen molar-refractivity contribution in [3.63, 3.8) is 0 Å². The third-order valence-electron chi connectivity index (χ3n) is 4.44. The lowest BCUT2D eigenvalue weighted by Gasteiger charge is -2.32. The van der Waals surface area contributed by atoms with Gasteiger partial charge in [-0.1, -0.05) is 11.6 Å². The standard InChI is InChI=1S/C19H29ClN4O3/c1-21-16-13-15(26-10-9-24-7-5-23(3)6-8-24)14-17(27-12-11-25-4)18(16)19(20)22-2/h13-14H,1,5-12H2,2-4H3. The average molecular weight is 397 g/mol. The summed E-state index contributed by atoms with van der Waals surface area (Å²) in [7, 11) is 5.39. The predicted molar refractivity (Wildman–Crippen MR) is 111 cm³/mol. The molecule has 1 aliphatic rings. The minimum atomic E-state index is 0.314. The number of hydrogen-bond acceptors (Lipinski definition) is 7. The van der Waals surface area contributed by atoms with Gasteiger partial charge in [0.2, 0.25) is 0 Å². The molecule has 8 heteroatoms. The van der Waals surface area contributed by atoms with Crippen LogP contribution in [0.15, 0.2) is 22.1 Å². The Bertz CT molecular complexity index is 646. The molecular formula is C19H29ClN4O3. The fourth-order valence-corrected chi connectivity index (χ4v) is 3.01. The molecule has 1 saturated heterocycles. The van der Waals surface area contributed by atoms with E-state index in [-0.39, 0.29) is 0 Å². The normalized spacial score (nSPS) is 16.4. The molecule has 1 heterocycles. The Morgan fingerprint density at radius 2 is 1.89 bits per heavy atom. The van der Waals surface area contributed by atoms with E-state index < -0.39 is 0 Å². The van der Waals surface area contributed by atoms with E-state index in [0.29, 0.717) is 47.7 Å². The third-order valence-corrected chi connectivity index (χ3v) is 4.80. The summed E-state index contributed by atoms with van der Waals surface area (Å²) in [5.41, 5.74) is 1.19. The summed E-state index contributed by atoms with van der Waals surface area (Å²) in [4.78, 5) is 12.9. The van der Waals surface area contributed by atoms with Gasteiger partial charge in [0.25, 0.3) is 0 Å². The smallest absolute Gasteiger partial charge is 0.136 e. The number of rotatable bonds is 10. The quantitative estimate of drug-likeness (QED) is 0.448. The highest BCUT2D eigenvalue weighted by Crippen LogP contribution is 2.35. The van der Waals surface area contributed by atoms with E-state index in [0.717, 1.165) is 32.7 Å². The SMILES string of the molecule is C=Nc1cc(OCCN2CCN(C)CC2)cc(OCCOC)c1C(Cl)=NC. The van der Waals surface area contributed by atoms with E-state index in [9.17, 15) is 0 Å². The van der Waals surface area contributed by atoms with Crippen molar-refractivity contribution in [2.24, 2.45) is 9.98 Å². The largest absolute Gasteiger partial charge is 0.492 e. The highest BCUT2D eigenvalue weighted by molar-refractivity contribution is 6.70. The van der Waals surface area contributed by atoms with E-state index in [1.807, 2.05) is 12.1 Å². The van der Waals surface area contributed by atoms with Gasteiger partial charge in [-0.2, -0.15) is 0 Å². The number of ether oxygens (including phenoxy) is 3. The van der Waals surface area contributed by atoms with Crippen molar-refractivity contribution in [3.05, 3.63) is 17.7 Å². The summed E-state index contributed by atoms with van der Waals surface area (Å²) in [5.74, 6) is 1.23. The van der Waals surface area contributed by atoms with Crippen LogP contribution in [0.3, 0.4) is 0 Å². The molecule has 7 nitrogen and oxygen atoms in total. The van der Waals surface area contributed by atoms with Crippen LogP contribution in [-0.4, -0.2) is 95.4 Å². The number of nitrogens with zero attached hydrogens (tertiary/aromatic N) is 4. The molecule has 1 aromatic rings. The Balaban J connectivity index is 2.08. The van der Waals surface area contributed by atoms with Crippen LogP contribution in [0.2, 0.25) is 0 Å². The average Bonchev–Trinajstić information content (AvgIpc) is 2.68. The molecule has 0 unspecified atom stereocenters. The van der Waals surface area contributed by atoms with E-state index >= 15 is 0 Å². The van der Waals surface area contributed by atoms with Crippen molar-refractivity contribution < 1.29 is 14.2 Å². The molecule has 0 spiro atoms. The van der Waals surface area contributed by atoms with Gasteiger partial charge in [0, 0.05) is 59.0 Å². The summed E-state index contributed by atoms with van der Waals surface area (Å²) >= 11 is 6.26. The summed E-state index contributed by atoms with van der Waals surface area (Å²) in [5, 5.41) is 0.314. The lowest BCUT2D eigenvalue weighted by atomic mass is 10.1. The van der Waals surface area contributed by atoms with Gasteiger partial charge in [0.1, 0.15) is 29.9 Å². The molecule has 0 aromatic heterocycles. The van der Waals surface area contributed by atoms with Gasteiger partial charge in [-0.25, -0.2) is 0 Å². The number of methoxy groups -OCH3 is 1. The molecule has 2 rings (SSSR count). The summed E-state index contributed by atoms with van der Waals surface area (Å²) in [6.45, 7) is 10.3. The first-order valence-corrected chi connectivity index (χ1v) is 9.39. The van der Waals surface area contributed by atoms with E-state index in [2.05, 4.69) is 33.5 Å². The maximum absolute atomic E-state index is 6.26. The predicted octanol–water partition coefficient (Wildman–Crippen LogP) is 2.29. The third kappa shape index (κ3) is 6.46. The number of benzene rings is 1. The molecule has 27 heavy (non-hydrogen) atoms. The van der Waals surface area contributed by atoms with Gasteiger partial charge in [0.05, 0.1) is 17.9 Å². The van der Waals surface area contributed by atoms with Crippen molar-refractivity contribution in [3.8, 4) is 11.5 Å². The second kappa shape index (κ2) is 11.2. The van der Waals surface area contributed by atoms with Crippen LogP contribution < -0.4 is 9.47 Å². The lowest BCUT2D eigenvalue weighted by Crippen LogP contribution is -2.45. The molecule has 1 aromatic carbocycles. The zero-order valence-corrected chi connectivity index (χ0v) is 17.2. The summed E-state index contributed by atoms with van der Waals surface area (Å²) < 4.78 is 16.8. The van der Waals surface area contributed by atoms with E-state index in [4.69, 9.17) is 25.8 Å². The minimum Gasteiger partial charge on any atom is -0.492 e. The van der Waals surface area contributed by atoms with Crippen molar-refractivity contribution in [1.82, 2.24) is 9.80 Å². The van der Waals surface area contributed by atoms with Crippen LogP contribution >= 0.6 is 11.6 Å². The van der Waals surface area contributed by atoms with Crippen LogP contribution in [-0.2, 0) is 4.74 Å². The van der Waals surface area contributed by atoms with Gasteiger partial charge < -0.3 is 19.1 Å². The van der Waals surface area contributed by atoms with Gasteiger partial charge in [-0.3, -0.25) is 14.9 Å². The van der Waals surface area contributed by atoms with Crippen molar-refractivity contribution in [1.29, 1.82) is 0 Å². The molecule has 1 fully saturated rings. The van der Waals surface area contributed by atoms with Crippen molar-refractivity contribution in [2.45, 2.75) is 0 Å². The first kappa shape index (κ1) is 21.6. The molecule has 150 valence electrons. The van der Waals surface area contributed by atoms with E-state index in [1.165, 1.54) is 0 Å². The highest BCUT2D eigenvalue weighted by atomic mass is 35.5. The Kier molecular flexibility index (Phi) is 9.00.